The van der Waals surface area contributed by atoms with Crippen molar-refractivity contribution in [1.82, 2.24) is 4.98 Å². The van der Waals surface area contributed by atoms with Crippen molar-refractivity contribution in [3.05, 3.63) is 64.8 Å². The molecule has 1 amide bonds. The fraction of sp³-hybridized carbons (Fsp3) is 0.143. The average Bonchev–Trinajstić information content (AvgIpc) is 3.22. The van der Waals surface area contributed by atoms with Gasteiger partial charge in [0.1, 0.15) is 21.6 Å². The summed E-state index contributed by atoms with van der Waals surface area (Å²) < 4.78 is 39.1. The molecule has 30 heavy (non-hydrogen) atoms. The largest absolute Gasteiger partial charge is 0.316 e. The van der Waals surface area contributed by atoms with Crippen molar-refractivity contribution in [3.63, 3.8) is 0 Å². The molecule has 2 aromatic heterocycles. The van der Waals surface area contributed by atoms with E-state index in [-0.39, 0.29) is 4.90 Å². The van der Waals surface area contributed by atoms with Gasteiger partial charge in [-0.15, -0.1) is 22.7 Å². The predicted molar refractivity (Wildman–Crippen MR) is 119 cm³/mol. The van der Waals surface area contributed by atoms with Crippen molar-refractivity contribution in [1.29, 1.82) is 0 Å². The highest BCUT2D eigenvalue weighted by Gasteiger charge is 2.23. The molecule has 4 aromatic rings. The first-order valence-corrected chi connectivity index (χ1v) is 12.3. The maximum atomic E-state index is 13.1. The Hall–Kier alpha value is -2.62. The Bertz CT molecular complexity index is 1320. The molecule has 4 rings (SSSR count). The number of carbonyl (C=O) groups is 1. The van der Waals surface area contributed by atoms with Crippen molar-refractivity contribution in [3.8, 4) is 10.6 Å². The number of rotatable bonds is 5. The number of sulfone groups is 1. The molecular formula is C21H17FN2O3S3. The van der Waals surface area contributed by atoms with Crippen LogP contribution in [0.1, 0.15) is 10.4 Å². The van der Waals surface area contributed by atoms with Crippen LogP contribution < -0.4 is 5.32 Å². The van der Waals surface area contributed by atoms with Gasteiger partial charge >= 0.3 is 0 Å². The van der Waals surface area contributed by atoms with Crippen LogP contribution in [0.3, 0.4) is 0 Å². The van der Waals surface area contributed by atoms with Crippen LogP contribution in [0.25, 0.3) is 20.8 Å². The highest BCUT2D eigenvalue weighted by Crippen LogP contribution is 2.43. The molecule has 0 spiro atoms. The Morgan fingerprint density at radius 3 is 2.47 bits per heavy atom. The molecule has 9 heteroatoms. The molecule has 5 nitrogen and oxygen atoms in total. The van der Waals surface area contributed by atoms with Crippen LogP contribution in [0.15, 0.2) is 53.4 Å². The lowest BCUT2D eigenvalue weighted by Crippen LogP contribution is -2.22. The van der Waals surface area contributed by atoms with Gasteiger partial charge in [0.15, 0.2) is 9.84 Å². The summed E-state index contributed by atoms with van der Waals surface area (Å²) in [5.74, 6) is -1.92. The standard InChI is InChI=1S/C21H17FN2O3S3/c1-12-13(2)28-21(19(12)20-23-16-5-3-4-6-17(16)29-20)24-18(25)11-30(26,27)15-9-7-14(22)8-10-15/h3-10H,11H2,1-2H3,(H,24,25). The minimum atomic E-state index is -3.88. The zero-order chi connectivity index (χ0) is 21.5. The van der Waals surface area contributed by atoms with Crippen LogP contribution in [0, 0.1) is 19.7 Å². The summed E-state index contributed by atoms with van der Waals surface area (Å²) in [7, 11) is -3.88. The van der Waals surface area contributed by atoms with E-state index in [0.717, 1.165) is 55.5 Å². The molecule has 0 aliphatic carbocycles. The molecule has 0 atom stereocenters. The third-order valence-corrected chi connectivity index (χ3v) is 8.45. The van der Waals surface area contributed by atoms with Gasteiger partial charge in [0, 0.05) is 10.4 Å². The Morgan fingerprint density at radius 1 is 1.07 bits per heavy atom. The second-order valence-electron chi connectivity index (χ2n) is 6.74. The molecule has 154 valence electrons. The number of carbonyl (C=O) groups excluding carboxylic acids is 1. The van der Waals surface area contributed by atoms with Gasteiger partial charge in [-0.2, -0.15) is 0 Å². The van der Waals surface area contributed by atoms with Crippen molar-refractivity contribution >= 4 is 53.6 Å². The number of thiazole rings is 1. The number of halogens is 1. The summed E-state index contributed by atoms with van der Waals surface area (Å²) in [6, 6.07) is 12.2. The lowest BCUT2D eigenvalue weighted by atomic mass is 10.1. The van der Waals surface area contributed by atoms with E-state index in [1.165, 1.54) is 22.7 Å². The van der Waals surface area contributed by atoms with Crippen molar-refractivity contribution in [2.24, 2.45) is 0 Å². The van der Waals surface area contributed by atoms with Crippen LogP contribution in [-0.4, -0.2) is 25.1 Å². The molecule has 0 unspecified atom stereocenters. The molecule has 0 saturated heterocycles. The van der Waals surface area contributed by atoms with E-state index in [1.54, 1.807) is 0 Å². The predicted octanol–water partition coefficient (Wildman–Crippen LogP) is 5.19. The Labute approximate surface area is 181 Å². The number of hydrogen-bond donors (Lipinski definition) is 1. The topological polar surface area (TPSA) is 76.1 Å². The second kappa shape index (κ2) is 7.90. The fourth-order valence-corrected chi connectivity index (χ4v) is 6.36. The number of hydrogen-bond acceptors (Lipinski definition) is 6. The van der Waals surface area contributed by atoms with E-state index in [4.69, 9.17) is 0 Å². The molecule has 0 aliphatic heterocycles. The maximum Gasteiger partial charge on any atom is 0.240 e. The number of nitrogens with zero attached hydrogens (tertiary/aromatic N) is 1. The first-order valence-electron chi connectivity index (χ1n) is 8.99. The molecule has 1 N–H and O–H groups in total. The van der Waals surface area contributed by atoms with Gasteiger partial charge in [-0.1, -0.05) is 12.1 Å². The van der Waals surface area contributed by atoms with Crippen LogP contribution in [0.5, 0.6) is 0 Å². The number of fused-ring (bicyclic) bond motifs is 1. The van der Waals surface area contributed by atoms with Crippen molar-refractivity contribution in [2.45, 2.75) is 18.7 Å². The summed E-state index contributed by atoms with van der Waals surface area (Å²) in [5.41, 5.74) is 2.68. The molecule has 0 aliphatic rings. The third-order valence-electron chi connectivity index (χ3n) is 4.64. The van der Waals surface area contributed by atoms with Gasteiger partial charge in [0.2, 0.25) is 5.91 Å². The number of amides is 1. The van der Waals surface area contributed by atoms with Crippen LogP contribution in [-0.2, 0) is 14.6 Å². The number of benzene rings is 2. The number of aromatic nitrogens is 1. The number of aryl methyl sites for hydroxylation is 1. The molecule has 0 fully saturated rings. The summed E-state index contributed by atoms with van der Waals surface area (Å²) >= 11 is 2.91. The highest BCUT2D eigenvalue weighted by atomic mass is 32.2. The van der Waals surface area contributed by atoms with Crippen LogP contribution in [0.2, 0.25) is 0 Å². The number of anilines is 1. The summed E-state index contributed by atoms with van der Waals surface area (Å²) in [6.45, 7) is 3.90. The number of nitrogens with one attached hydrogen (secondary N) is 1. The molecule has 0 bridgehead atoms. The smallest absolute Gasteiger partial charge is 0.240 e. The zero-order valence-corrected chi connectivity index (χ0v) is 18.6. The first kappa shape index (κ1) is 20.6. The van der Waals surface area contributed by atoms with Gasteiger partial charge in [-0.3, -0.25) is 4.79 Å². The highest BCUT2D eigenvalue weighted by molar-refractivity contribution is 7.92. The Balaban J connectivity index is 1.63. The van der Waals surface area contributed by atoms with Gasteiger partial charge in [-0.25, -0.2) is 17.8 Å². The molecule has 2 aromatic carbocycles. The van der Waals surface area contributed by atoms with E-state index in [9.17, 15) is 17.6 Å². The number of thiophene rings is 1. The van der Waals surface area contributed by atoms with Crippen LogP contribution >= 0.6 is 22.7 Å². The normalized spacial score (nSPS) is 11.7. The summed E-state index contributed by atoms with van der Waals surface area (Å²) in [6.07, 6.45) is 0. The molecular weight excluding hydrogens is 443 g/mol. The van der Waals surface area contributed by atoms with E-state index >= 15 is 0 Å². The first-order chi connectivity index (χ1) is 14.2. The number of para-hydroxylation sites is 1. The lowest BCUT2D eigenvalue weighted by molar-refractivity contribution is -0.113. The summed E-state index contributed by atoms with van der Waals surface area (Å²) in [5, 5.41) is 4.09. The van der Waals surface area contributed by atoms with Gasteiger partial charge in [0.25, 0.3) is 0 Å². The zero-order valence-electron chi connectivity index (χ0n) is 16.1. The van der Waals surface area contributed by atoms with E-state index in [2.05, 4.69) is 10.3 Å². The minimum absolute atomic E-state index is 0.0935. The monoisotopic (exact) mass is 460 g/mol. The maximum absolute atomic E-state index is 13.1. The Kier molecular flexibility index (Phi) is 5.44. The molecule has 2 heterocycles. The minimum Gasteiger partial charge on any atom is -0.316 e. The van der Waals surface area contributed by atoms with Crippen molar-refractivity contribution in [2.75, 3.05) is 11.1 Å². The SMILES string of the molecule is Cc1sc(NC(=O)CS(=O)(=O)c2ccc(F)cc2)c(-c2nc3ccccc3s2)c1C. The third kappa shape index (κ3) is 4.00. The molecule has 0 saturated carbocycles. The van der Waals surface area contributed by atoms with Gasteiger partial charge < -0.3 is 5.32 Å². The fourth-order valence-electron chi connectivity index (χ4n) is 3.01. The average molecular weight is 461 g/mol. The van der Waals surface area contributed by atoms with Crippen molar-refractivity contribution < 1.29 is 17.6 Å². The van der Waals surface area contributed by atoms with E-state index in [0.29, 0.717) is 5.00 Å². The van der Waals surface area contributed by atoms with E-state index in [1.807, 2.05) is 38.1 Å². The lowest BCUT2D eigenvalue weighted by Gasteiger charge is -2.07. The van der Waals surface area contributed by atoms with Gasteiger partial charge in [-0.05, 0) is 55.8 Å². The second-order valence-corrected chi connectivity index (χ2v) is 11.0. The van der Waals surface area contributed by atoms with E-state index < -0.39 is 27.3 Å². The summed E-state index contributed by atoms with van der Waals surface area (Å²) in [4.78, 5) is 18.2. The Morgan fingerprint density at radius 2 is 1.77 bits per heavy atom. The molecule has 0 radical (unpaired) electrons. The van der Waals surface area contributed by atoms with Crippen LogP contribution in [0.4, 0.5) is 9.39 Å². The quantitative estimate of drug-likeness (QED) is 0.416. The van der Waals surface area contributed by atoms with Gasteiger partial charge in [0.05, 0.1) is 15.1 Å².